The standard InChI is InChI=1S/C17H22N4O3/c1-11-14(16(23)20-17(24)19-11)7-8-15(22)18-10-12-5-4-6-13(9-12)21(2)3/h4-6,9H,7-8,10H2,1-3H3,(H,18,22)(H2,19,20,23,24). The fourth-order valence-corrected chi connectivity index (χ4v) is 2.40. The highest BCUT2D eigenvalue weighted by atomic mass is 16.2. The van der Waals surface area contributed by atoms with Gasteiger partial charge in [0.15, 0.2) is 0 Å². The van der Waals surface area contributed by atoms with E-state index in [0.29, 0.717) is 17.8 Å². The van der Waals surface area contributed by atoms with Gasteiger partial charge in [-0.3, -0.25) is 14.6 Å². The SMILES string of the molecule is Cc1[nH]c(=O)[nH]c(=O)c1CCC(=O)NCc1cccc(N(C)C)c1. The predicted octanol–water partition coefficient (Wildman–Crippen LogP) is 0.687. The lowest BCUT2D eigenvalue weighted by molar-refractivity contribution is -0.121. The Morgan fingerprint density at radius 3 is 2.62 bits per heavy atom. The van der Waals surface area contributed by atoms with Crippen LogP contribution in [0.25, 0.3) is 0 Å². The lowest BCUT2D eigenvalue weighted by Crippen LogP contribution is -2.29. The van der Waals surface area contributed by atoms with E-state index in [4.69, 9.17) is 0 Å². The van der Waals surface area contributed by atoms with E-state index in [0.717, 1.165) is 11.3 Å². The molecule has 2 aromatic rings. The number of hydrogen-bond donors (Lipinski definition) is 3. The maximum Gasteiger partial charge on any atom is 0.325 e. The monoisotopic (exact) mass is 330 g/mol. The molecule has 1 amide bonds. The van der Waals surface area contributed by atoms with Gasteiger partial charge in [-0.15, -0.1) is 0 Å². The van der Waals surface area contributed by atoms with Gasteiger partial charge in [0, 0.05) is 44.0 Å². The molecule has 0 radical (unpaired) electrons. The molecule has 2 rings (SSSR count). The molecule has 1 heterocycles. The van der Waals surface area contributed by atoms with Crippen LogP contribution < -0.4 is 21.5 Å². The van der Waals surface area contributed by atoms with Crippen molar-refractivity contribution in [1.82, 2.24) is 15.3 Å². The van der Waals surface area contributed by atoms with Gasteiger partial charge in [0.25, 0.3) is 5.56 Å². The summed E-state index contributed by atoms with van der Waals surface area (Å²) in [6.45, 7) is 2.08. The average molecular weight is 330 g/mol. The molecular weight excluding hydrogens is 308 g/mol. The highest BCUT2D eigenvalue weighted by Gasteiger charge is 2.09. The van der Waals surface area contributed by atoms with E-state index in [1.807, 2.05) is 43.3 Å². The molecule has 1 aromatic heterocycles. The quantitative estimate of drug-likeness (QED) is 0.726. The normalized spacial score (nSPS) is 10.5. The number of carbonyl (C=O) groups excluding carboxylic acids is 1. The highest BCUT2D eigenvalue weighted by Crippen LogP contribution is 2.13. The smallest absolute Gasteiger partial charge is 0.325 e. The Hall–Kier alpha value is -2.83. The summed E-state index contributed by atoms with van der Waals surface area (Å²) in [6, 6.07) is 7.90. The third-order valence-corrected chi connectivity index (χ3v) is 3.77. The molecule has 0 aliphatic rings. The van der Waals surface area contributed by atoms with Crippen LogP contribution in [0.2, 0.25) is 0 Å². The second kappa shape index (κ2) is 7.63. The average Bonchev–Trinajstić information content (AvgIpc) is 2.52. The van der Waals surface area contributed by atoms with Crippen molar-refractivity contribution >= 4 is 11.6 Å². The van der Waals surface area contributed by atoms with Gasteiger partial charge in [-0.25, -0.2) is 4.79 Å². The summed E-state index contributed by atoms with van der Waals surface area (Å²) >= 11 is 0. The van der Waals surface area contributed by atoms with Crippen LogP contribution >= 0.6 is 0 Å². The van der Waals surface area contributed by atoms with Crippen LogP contribution in [0.1, 0.15) is 23.2 Å². The lowest BCUT2D eigenvalue weighted by atomic mass is 10.1. The number of anilines is 1. The van der Waals surface area contributed by atoms with Crippen molar-refractivity contribution in [2.75, 3.05) is 19.0 Å². The van der Waals surface area contributed by atoms with Crippen molar-refractivity contribution in [3.63, 3.8) is 0 Å². The molecule has 24 heavy (non-hydrogen) atoms. The van der Waals surface area contributed by atoms with Crippen LogP contribution in [0, 0.1) is 6.92 Å². The van der Waals surface area contributed by atoms with Gasteiger partial charge in [0.2, 0.25) is 5.91 Å². The van der Waals surface area contributed by atoms with Gasteiger partial charge >= 0.3 is 5.69 Å². The number of hydrogen-bond acceptors (Lipinski definition) is 4. The molecule has 0 fully saturated rings. The molecule has 0 atom stereocenters. The number of aryl methyl sites for hydroxylation is 1. The van der Waals surface area contributed by atoms with Gasteiger partial charge in [0.1, 0.15) is 0 Å². The van der Waals surface area contributed by atoms with E-state index in [1.54, 1.807) is 6.92 Å². The number of aromatic amines is 2. The fraction of sp³-hybridized carbons (Fsp3) is 0.353. The van der Waals surface area contributed by atoms with Crippen LogP contribution in [-0.4, -0.2) is 30.0 Å². The minimum absolute atomic E-state index is 0.143. The maximum absolute atomic E-state index is 12.0. The zero-order chi connectivity index (χ0) is 17.7. The second-order valence-electron chi connectivity index (χ2n) is 5.85. The van der Waals surface area contributed by atoms with Crippen LogP contribution in [-0.2, 0) is 17.8 Å². The fourth-order valence-electron chi connectivity index (χ4n) is 2.40. The summed E-state index contributed by atoms with van der Waals surface area (Å²) in [5.41, 5.74) is 2.02. The van der Waals surface area contributed by atoms with Gasteiger partial charge < -0.3 is 15.2 Å². The Balaban J connectivity index is 1.92. The van der Waals surface area contributed by atoms with Gasteiger partial charge in [-0.1, -0.05) is 12.1 Å². The summed E-state index contributed by atoms with van der Waals surface area (Å²) in [5.74, 6) is -0.143. The molecule has 0 saturated carbocycles. The lowest BCUT2D eigenvalue weighted by Gasteiger charge is -2.14. The Kier molecular flexibility index (Phi) is 5.57. The number of H-pyrrole nitrogens is 2. The summed E-state index contributed by atoms with van der Waals surface area (Å²) < 4.78 is 0. The highest BCUT2D eigenvalue weighted by molar-refractivity contribution is 5.76. The number of amides is 1. The molecule has 0 spiro atoms. The molecule has 0 bridgehead atoms. The van der Waals surface area contributed by atoms with E-state index in [9.17, 15) is 14.4 Å². The summed E-state index contributed by atoms with van der Waals surface area (Å²) in [5, 5.41) is 2.84. The van der Waals surface area contributed by atoms with Crippen molar-refractivity contribution < 1.29 is 4.79 Å². The molecule has 1 aromatic carbocycles. The summed E-state index contributed by atoms with van der Waals surface area (Å²) in [4.78, 5) is 41.6. The summed E-state index contributed by atoms with van der Waals surface area (Å²) in [6.07, 6.45) is 0.463. The van der Waals surface area contributed by atoms with Crippen molar-refractivity contribution in [3.05, 3.63) is 61.9 Å². The Labute approximate surface area is 139 Å². The minimum atomic E-state index is -0.536. The molecule has 7 heteroatoms. The Morgan fingerprint density at radius 1 is 1.21 bits per heavy atom. The predicted molar refractivity (Wildman–Crippen MR) is 93.4 cm³/mol. The molecule has 3 N–H and O–H groups in total. The van der Waals surface area contributed by atoms with Gasteiger partial charge in [0.05, 0.1) is 0 Å². The molecule has 128 valence electrons. The first kappa shape index (κ1) is 17.5. The van der Waals surface area contributed by atoms with E-state index in [2.05, 4.69) is 15.3 Å². The van der Waals surface area contributed by atoms with E-state index in [1.165, 1.54) is 0 Å². The Morgan fingerprint density at radius 2 is 1.96 bits per heavy atom. The van der Waals surface area contributed by atoms with Crippen molar-refractivity contribution in [3.8, 4) is 0 Å². The van der Waals surface area contributed by atoms with Crippen molar-refractivity contribution in [2.24, 2.45) is 0 Å². The van der Waals surface area contributed by atoms with Gasteiger partial charge in [-0.2, -0.15) is 0 Å². The number of benzene rings is 1. The number of aromatic nitrogens is 2. The first-order valence-corrected chi connectivity index (χ1v) is 7.72. The molecule has 0 aliphatic carbocycles. The van der Waals surface area contributed by atoms with E-state index >= 15 is 0 Å². The molecular formula is C17H22N4O3. The third-order valence-electron chi connectivity index (χ3n) is 3.77. The largest absolute Gasteiger partial charge is 0.378 e. The molecule has 0 saturated heterocycles. The maximum atomic E-state index is 12.0. The Bertz CT molecular complexity index is 836. The topological polar surface area (TPSA) is 98.1 Å². The summed E-state index contributed by atoms with van der Waals surface area (Å²) in [7, 11) is 3.92. The molecule has 7 nitrogen and oxygen atoms in total. The third kappa shape index (κ3) is 4.58. The zero-order valence-electron chi connectivity index (χ0n) is 14.1. The van der Waals surface area contributed by atoms with Crippen LogP contribution in [0.15, 0.2) is 33.9 Å². The van der Waals surface area contributed by atoms with Crippen LogP contribution in [0.5, 0.6) is 0 Å². The molecule has 0 unspecified atom stereocenters. The van der Waals surface area contributed by atoms with Gasteiger partial charge in [-0.05, 0) is 31.0 Å². The minimum Gasteiger partial charge on any atom is -0.378 e. The zero-order valence-corrected chi connectivity index (χ0v) is 14.1. The van der Waals surface area contributed by atoms with E-state index < -0.39 is 11.2 Å². The first-order valence-electron chi connectivity index (χ1n) is 7.72. The van der Waals surface area contributed by atoms with Crippen molar-refractivity contribution in [1.29, 1.82) is 0 Å². The van der Waals surface area contributed by atoms with Crippen molar-refractivity contribution in [2.45, 2.75) is 26.3 Å². The number of nitrogens with one attached hydrogen (secondary N) is 3. The first-order chi connectivity index (χ1) is 11.4. The molecule has 0 aliphatic heterocycles. The number of rotatable bonds is 6. The van der Waals surface area contributed by atoms with E-state index in [-0.39, 0.29) is 18.7 Å². The number of nitrogens with zero attached hydrogens (tertiary/aromatic N) is 1. The number of carbonyl (C=O) groups is 1. The van der Waals surface area contributed by atoms with Crippen LogP contribution in [0.3, 0.4) is 0 Å². The van der Waals surface area contributed by atoms with Crippen LogP contribution in [0.4, 0.5) is 5.69 Å². The second-order valence-corrected chi connectivity index (χ2v) is 5.85.